The SMILES string of the molecule is Cc1cccc(O)c1-c1c(C)cccc1I. The lowest BCUT2D eigenvalue weighted by molar-refractivity contribution is 0.477. The number of benzene rings is 2. The van der Waals surface area contributed by atoms with Gasteiger partial charge in [0.05, 0.1) is 0 Å². The van der Waals surface area contributed by atoms with E-state index in [1.54, 1.807) is 6.07 Å². The van der Waals surface area contributed by atoms with E-state index in [9.17, 15) is 5.11 Å². The first-order valence-corrected chi connectivity index (χ1v) is 6.23. The van der Waals surface area contributed by atoms with Gasteiger partial charge in [-0.25, -0.2) is 0 Å². The number of halogens is 1. The number of phenols is 1. The van der Waals surface area contributed by atoms with Crippen molar-refractivity contribution in [3.63, 3.8) is 0 Å². The summed E-state index contributed by atoms with van der Waals surface area (Å²) in [6, 6.07) is 11.8. The molecule has 0 aromatic heterocycles. The summed E-state index contributed by atoms with van der Waals surface area (Å²) in [5, 5.41) is 9.99. The van der Waals surface area contributed by atoms with Crippen LogP contribution in [0.25, 0.3) is 11.1 Å². The van der Waals surface area contributed by atoms with Crippen molar-refractivity contribution in [1.82, 2.24) is 0 Å². The van der Waals surface area contributed by atoms with E-state index in [2.05, 4.69) is 41.6 Å². The molecule has 0 aliphatic rings. The zero-order valence-corrected chi connectivity index (χ0v) is 11.4. The number of phenolic OH excluding ortho intramolecular Hbond substituents is 1. The molecule has 1 nitrogen and oxygen atoms in total. The molecule has 0 heterocycles. The predicted molar refractivity (Wildman–Crippen MR) is 75.7 cm³/mol. The van der Waals surface area contributed by atoms with E-state index in [4.69, 9.17) is 0 Å². The molecule has 2 aromatic carbocycles. The van der Waals surface area contributed by atoms with E-state index >= 15 is 0 Å². The molecule has 0 amide bonds. The fourth-order valence-electron chi connectivity index (χ4n) is 1.93. The van der Waals surface area contributed by atoms with E-state index in [0.717, 1.165) is 16.7 Å². The second kappa shape index (κ2) is 4.45. The highest BCUT2D eigenvalue weighted by atomic mass is 127. The van der Waals surface area contributed by atoms with Crippen LogP contribution in [0.2, 0.25) is 0 Å². The zero-order chi connectivity index (χ0) is 11.7. The van der Waals surface area contributed by atoms with Gasteiger partial charge >= 0.3 is 0 Å². The van der Waals surface area contributed by atoms with E-state index in [-0.39, 0.29) is 0 Å². The predicted octanol–water partition coefficient (Wildman–Crippen LogP) is 4.28. The second-order valence-electron chi connectivity index (χ2n) is 3.90. The van der Waals surface area contributed by atoms with Crippen LogP contribution in [-0.2, 0) is 0 Å². The third kappa shape index (κ3) is 1.94. The van der Waals surface area contributed by atoms with Gasteiger partial charge in [0.2, 0.25) is 0 Å². The normalized spacial score (nSPS) is 10.4. The van der Waals surface area contributed by atoms with E-state index in [1.807, 2.05) is 25.1 Å². The Balaban J connectivity index is 2.77. The maximum absolute atomic E-state index is 9.99. The molecule has 82 valence electrons. The number of rotatable bonds is 1. The fourth-order valence-corrected chi connectivity index (χ4v) is 2.83. The average molecular weight is 324 g/mol. The van der Waals surface area contributed by atoms with Gasteiger partial charge in [0.1, 0.15) is 5.75 Å². The number of aromatic hydroxyl groups is 1. The first kappa shape index (κ1) is 11.5. The Morgan fingerprint density at radius 1 is 0.875 bits per heavy atom. The molecule has 2 heteroatoms. The minimum absolute atomic E-state index is 0.354. The van der Waals surface area contributed by atoms with Crippen molar-refractivity contribution in [3.05, 3.63) is 51.1 Å². The average Bonchev–Trinajstić information content (AvgIpc) is 2.21. The lowest BCUT2D eigenvalue weighted by atomic mass is 9.96. The number of hydrogen-bond acceptors (Lipinski definition) is 1. The van der Waals surface area contributed by atoms with Crippen LogP contribution in [0, 0.1) is 17.4 Å². The zero-order valence-electron chi connectivity index (χ0n) is 9.29. The molecule has 2 aromatic rings. The summed E-state index contributed by atoms with van der Waals surface area (Å²) < 4.78 is 1.17. The highest BCUT2D eigenvalue weighted by Crippen LogP contribution is 2.37. The van der Waals surface area contributed by atoms with Gasteiger partial charge in [0.25, 0.3) is 0 Å². The molecular weight excluding hydrogens is 311 g/mol. The van der Waals surface area contributed by atoms with Crippen LogP contribution in [0.3, 0.4) is 0 Å². The van der Waals surface area contributed by atoms with Crippen molar-refractivity contribution in [2.45, 2.75) is 13.8 Å². The van der Waals surface area contributed by atoms with Crippen molar-refractivity contribution >= 4 is 22.6 Å². The van der Waals surface area contributed by atoms with Crippen LogP contribution in [0.1, 0.15) is 11.1 Å². The molecule has 0 atom stereocenters. The molecule has 0 unspecified atom stereocenters. The van der Waals surface area contributed by atoms with E-state index in [1.165, 1.54) is 9.13 Å². The standard InChI is InChI=1S/C14H13IO/c1-9-5-3-7-11(15)13(9)14-10(2)6-4-8-12(14)16/h3-8,16H,1-2H3. The summed E-state index contributed by atoms with van der Waals surface area (Å²) in [4.78, 5) is 0. The molecule has 0 bridgehead atoms. The number of hydrogen-bond donors (Lipinski definition) is 1. The smallest absolute Gasteiger partial charge is 0.123 e. The second-order valence-corrected chi connectivity index (χ2v) is 5.06. The first-order chi connectivity index (χ1) is 7.61. The molecule has 1 N–H and O–H groups in total. The molecule has 16 heavy (non-hydrogen) atoms. The highest BCUT2D eigenvalue weighted by Gasteiger charge is 2.12. The lowest BCUT2D eigenvalue weighted by Crippen LogP contribution is -1.91. The van der Waals surface area contributed by atoms with Crippen molar-refractivity contribution in [2.75, 3.05) is 0 Å². The Labute approximate surface area is 109 Å². The van der Waals surface area contributed by atoms with Gasteiger partial charge in [-0.2, -0.15) is 0 Å². The minimum Gasteiger partial charge on any atom is -0.507 e. The van der Waals surface area contributed by atoms with Crippen molar-refractivity contribution in [2.24, 2.45) is 0 Å². The summed E-state index contributed by atoms with van der Waals surface area (Å²) >= 11 is 2.31. The Morgan fingerprint density at radius 3 is 2.00 bits per heavy atom. The minimum atomic E-state index is 0.354. The van der Waals surface area contributed by atoms with Crippen LogP contribution in [0.15, 0.2) is 36.4 Å². The van der Waals surface area contributed by atoms with Crippen molar-refractivity contribution in [1.29, 1.82) is 0 Å². The Hall–Kier alpha value is -1.03. The van der Waals surface area contributed by atoms with Gasteiger partial charge in [-0.05, 0) is 59.7 Å². The van der Waals surface area contributed by atoms with Gasteiger partial charge in [-0.1, -0.05) is 24.3 Å². The van der Waals surface area contributed by atoms with Crippen LogP contribution in [0.4, 0.5) is 0 Å². The molecular formula is C14H13IO. The largest absolute Gasteiger partial charge is 0.507 e. The lowest BCUT2D eigenvalue weighted by Gasteiger charge is -2.13. The van der Waals surface area contributed by atoms with Crippen LogP contribution in [-0.4, -0.2) is 5.11 Å². The summed E-state index contributed by atoms with van der Waals surface area (Å²) in [7, 11) is 0. The van der Waals surface area contributed by atoms with Gasteiger partial charge in [0, 0.05) is 14.7 Å². The van der Waals surface area contributed by atoms with Crippen LogP contribution >= 0.6 is 22.6 Å². The topological polar surface area (TPSA) is 20.2 Å². The fraction of sp³-hybridized carbons (Fsp3) is 0.143. The third-order valence-electron chi connectivity index (χ3n) is 2.72. The Morgan fingerprint density at radius 2 is 1.44 bits per heavy atom. The molecule has 0 spiro atoms. The van der Waals surface area contributed by atoms with Gasteiger partial charge in [0.15, 0.2) is 0 Å². The van der Waals surface area contributed by atoms with Crippen LogP contribution in [0.5, 0.6) is 5.75 Å². The molecule has 2 rings (SSSR count). The van der Waals surface area contributed by atoms with E-state index < -0.39 is 0 Å². The summed E-state index contributed by atoms with van der Waals surface area (Å²) in [5.74, 6) is 0.354. The molecule has 0 aliphatic heterocycles. The van der Waals surface area contributed by atoms with Crippen molar-refractivity contribution < 1.29 is 5.11 Å². The third-order valence-corrected chi connectivity index (χ3v) is 3.62. The Bertz CT molecular complexity index is 442. The Kier molecular flexibility index (Phi) is 3.19. The maximum atomic E-state index is 9.99. The van der Waals surface area contributed by atoms with Crippen molar-refractivity contribution in [3.8, 4) is 16.9 Å². The molecule has 0 aliphatic carbocycles. The van der Waals surface area contributed by atoms with E-state index in [0.29, 0.717) is 5.75 Å². The summed E-state index contributed by atoms with van der Waals surface area (Å²) in [6.45, 7) is 4.10. The molecule has 0 saturated heterocycles. The monoisotopic (exact) mass is 324 g/mol. The summed E-state index contributed by atoms with van der Waals surface area (Å²) in [5.41, 5.74) is 4.38. The van der Waals surface area contributed by atoms with Gasteiger partial charge < -0.3 is 5.11 Å². The quantitative estimate of drug-likeness (QED) is 0.776. The molecule has 0 saturated carbocycles. The van der Waals surface area contributed by atoms with Gasteiger partial charge in [-0.3, -0.25) is 0 Å². The number of aryl methyl sites for hydroxylation is 2. The summed E-state index contributed by atoms with van der Waals surface area (Å²) in [6.07, 6.45) is 0. The van der Waals surface area contributed by atoms with Crippen LogP contribution < -0.4 is 0 Å². The first-order valence-electron chi connectivity index (χ1n) is 5.15. The highest BCUT2D eigenvalue weighted by molar-refractivity contribution is 14.1. The van der Waals surface area contributed by atoms with Gasteiger partial charge in [-0.15, -0.1) is 0 Å². The maximum Gasteiger partial charge on any atom is 0.123 e. The molecule has 0 radical (unpaired) electrons. The molecule has 0 fully saturated rings.